The smallest absolute Gasteiger partial charge is 0.315 e. The number of aryl methyl sites for hydroxylation is 1. The molecule has 88 valence electrons. The van der Waals surface area contributed by atoms with E-state index in [9.17, 15) is 4.79 Å². The number of amides is 2. The molecule has 0 aliphatic rings. The zero-order valence-electron chi connectivity index (χ0n) is 9.81. The molecule has 0 spiro atoms. The number of hydrogen-bond donors (Lipinski definition) is 2. The van der Waals surface area contributed by atoms with Gasteiger partial charge in [0.05, 0.1) is 0 Å². The summed E-state index contributed by atoms with van der Waals surface area (Å²) < 4.78 is 0. The molecule has 1 atom stereocenters. The molecule has 1 aromatic rings. The first-order chi connectivity index (χ1) is 7.49. The summed E-state index contributed by atoms with van der Waals surface area (Å²) in [7, 11) is 0. The Morgan fingerprint density at radius 3 is 2.38 bits per heavy atom. The molecule has 16 heavy (non-hydrogen) atoms. The highest BCUT2D eigenvalue weighted by molar-refractivity contribution is 5.72. The number of hydrogen-bond acceptors (Lipinski definition) is 2. The average Bonchev–Trinajstić information content (AvgIpc) is 2.19. The molecule has 0 saturated heterocycles. The Balaban J connectivity index is 2.68. The van der Waals surface area contributed by atoms with Crippen molar-refractivity contribution in [3.8, 4) is 0 Å². The number of urea groups is 1. The van der Waals surface area contributed by atoms with E-state index in [2.05, 4.69) is 0 Å². The Morgan fingerprint density at radius 1 is 1.38 bits per heavy atom. The van der Waals surface area contributed by atoms with Gasteiger partial charge in [0.25, 0.3) is 0 Å². The van der Waals surface area contributed by atoms with Gasteiger partial charge in [-0.1, -0.05) is 29.8 Å². The minimum absolute atomic E-state index is 0.0713. The van der Waals surface area contributed by atoms with Gasteiger partial charge in [-0.3, -0.25) is 0 Å². The van der Waals surface area contributed by atoms with Crippen molar-refractivity contribution in [2.24, 2.45) is 11.5 Å². The van der Waals surface area contributed by atoms with Crippen molar-refractivity contribution in [2.45, 2.75) is 26.4 Å². The highest BCUT2D eigenvalue weighted by atomic mass is 16.2. The minimum Gasteiger partial charge on any atom is -0.351 e. The van der Waals surface area contributed by atoms with E-state index in [-0.39, 0.29) is 6.04 Å². The van der Waals surface area contributed by atoms with Crippen molar-refractivity contribution in [3.05, 3.63) is 35.4 Å². The van der Waals surface area contributed by atoms with Crippen LogP contribution >= 0.6 is 0 Å². The van der Waals surface area contributed by atoms with Crippen molar-refractivity contribution in [1.29, 1.82) is 0 Å². The largest absolute Gasteiger partial charge is 0.351 e. The van der Waals surface area contributed by atoms with E-state index in [4.69, 9.17) is 11.5 Å². The lowest BCUT2D eigenvalue weighted by Gasteiger charge is -2.22. The van der Waals surface area contributed by atoms with E-state index in [0.717, 1.165) is 5.56 Å². The number of benzene rings is 1. The van der Waals surface area contributed by atoms with Gasteiger partial charge in [0, 0.05) is 19.1 Å². The van der Waals surface area contributed by atoms with E-state index < -0.39 is 6.03 Å². The number of nitrogens with two attached hydrogens (primary N) is 2. The number of primary amides is 1. The van der Waals surface area contributed by atoms with Crippen LogP contribution in [0.3, 0.4) is 0 Å². The first kappa shape index (κ1) is 12.5. The molecule has 0 heterocycles. The Bertz CT molecular complexity index is 346. The quantitative estimate of drug-likeness (QED) is 0.802. The second-order valence-electron chi connectivity index (χ2n) is 4.18. The molecule has 0 radical (unpaired) electrons. The molecule has 1 aromatic carbocycles. The fourth-order valence-electron chi connectivity index (χ4n) is 1.49. The Morgan fingerprint density at radius 2 is 1.94 bits per heavy atom. The van der Waals surface area contributed by atoms with Crippen molar-refractivity contribution >= 4 is 6.03 Å². The number of nitrogens with zero attached hydrogens (tertiary/aromatic N) is 1. The van der Waals surface area contributed by atoms with Crippen molar-refractivity contribution in [2.75, 3.05) is 6.54 Å². The third-order valence-corrected chi connectivity index (χ3v) is 2.31. The third kappa shape index (κ3) is 3.90. The zero-order valence-corrected chi connectivity index (χ0v) is 9.81. The molecule has 1 rings (SSSR count). The van der Waals surface area contributed by atoms with Crippen molar-refractivity contribution in [3.63, 3.8) is 0 Å². The van der Waals surface area contributed by atoms with Crippen LogP contribution in [-0.4, -0.2) is 23.5 Å². The molecule has 0 aliphatic heterocycles. The molecule has 0 bridgehead atoms. The van der Waals surface area contributed by atoms with Gasteiger partial charge in [-0.25, -0.2) is 4.79 Å². The van der Waals surface area contributed by atoms with Gasteiger partial charge in [-0.05, 0) is 19.4 Å². The molecule has 4 N–H and O–H groups in total. The first-order valence-corrected chi connectivity index (χ1v) is 5.34. The summed E-state index contributed by atoms with van der Waals surface area (Å²) in [5.41, 5.74) is 13.2. The Kier molecular flexibility index (Phi) is 4.31. The van der Waals surface area contributed by atoms with Crippen LogP contribution in [-0.2, 0) is 6.54 Å². The molecular weight excluding hydrogens is 202 g/mol. The molecule has 0 aromatic heterocycles. The molecule has 4 nitrogen and oxygen atoms in total. The molecule has 0 aliphatic carbocycles. The van der Waals surface area contributed by atoms with Crippen molar-refractivity contribution in [1.82, 2.24) is 4.90 Å². The van der Waals surface area contributed by atoms with Gasteiger partial charge in [-0.15, -0.1) is 0 Å². The Labute approximate surface area is 96.2 Å². The van der Waals surface area contributed by atoms with Crippen LogP contribution in [0.5, 0.6) is 0 Å². The van der Waals surface area contributed by atoms with E-state index in [1.807, 2.05) is 38.1 Å². The van der Waals surface area contributed by atoms with E-state index in [1.165, 1.54) is 5.56 Å². The van der Waals surface area contributed by atoms with Gasteiger partial charge < -0.3 is 16.4 Å². The summed E-state index contributed by atoms with van der Waals surface area (Å²) in [5.74, 6) is 0. The van der Waals surface area contributed by atoms with Crippen molar-refractivity contribution < 1.29 is 4.79 Å². The number of carbonyl (C=O) groups excluding carboxylic acids is 1. The summed E-state index contributed by atoms with van der Waals surface area (Å²) in [6.07, 6.45) is 0. The van der Waals surface area contributed by atoms with Crippen LogP contribution < -0.4 is 11.5 Å². The van der Waals surface area contributed by atoms with Crippen LogP contribution in [0.4, 0.5) is 4.79 Å². The van der Waals surface area contributed by atoms with Crippen LogP contribution in [0.25, 0.3) is 0 Å². The summed E-state index contributed by atoms with van der Waals surface area (Å²) >= 11 is 0. The normalized spacial score (nSPS) is 12.2. The van der Waals surface area contributed by atoms with Crippen LogP contribution in [0, 0.1) is 6.92 Å². The second-order valence-corrected chi connectivity index (χ2v) is 4.18. The highest BCUT2D eigenvalue weighted by Gasteiger charge is 2.11. The molecule has 0 fully saturated rings. The standard InChI is InChI=1S/C12H19N3O/c1-9-3-5-11(6-4-9)8-15(12(14)16)7-10(2)13/h3-6,10H,7-8,13H2,1-2H3,(H2,14,16). The zero-order chi connectivity index (χ0) is 12.1. The van der Waals surface area contributed by atoms with Gasteiger partial charge in [-0.2, -0.15) is 0 Å². The van der Waals surface area contributed by atoms with Gasteiger partial charge >= 0.3 is 6.03 Å². The molecule has 1 unspecified atom stereocenters. The summed E-state index contributed by atoms with van der Waals surface area (Å²) in [5, 5.41) is 0. The SMILES string of the molecule is Cc1ccc(CN(CC(C)N)C(N)=O)cc1. The lowest BCUT2D eigenvalue weighted by Crippen LogP contribution is -2.42. The molecule has 2 amide bonds. The lowest BCUT2D eigenvalue weighted by molar-refractivity contribution is 0.202. The maximum atomic E-state index is 11.2. The number of rotatable bonds is 4. The summed E-state index contributed by atoms with van der Waals surface area (Å²) in [6.45, 7) is 4.86. The molecular formula is C12H19N3O. The fraction of sp³-hybridized carbons (Fsp3) is 0.417. The van der Waals surface area contributed by atoms with Gasteiger partial charge in [0.15, 0.2) is 0 Å². The van der Waals surface area contributed by atoms with Crippen LogP contribution in [0.15, 0.2) is 24.3 Å². The molecule has 0 saturated carbocycles. The van der Waals surface area contributed by atoms with E-state index in [1.54, 1.807) is 4.90 Å². The Hall–Kier alpha value is -1.55. The highest BCUT2D eigenvalue weighted by Crippen LogP contribution is 2.07. The topological polar surface area (TPSA) is 72.3 Å². The fourth-order valence-corrected chi connectivity index (χ4v) is 1.49. The first-order valence-electron chi connectivity index (χ1n) is 5.34. The lowest BCUT2D eigenvalue weighted by atomic mass is 10.1. The van der Waals surface area contributed by atoms with Crippen LogP contribution in [0.1, 0.15) is 18.1 Å². The van der Waals surface area contributed by atoms with Gasteiger partial charge in [0.2, 0.25) is 0 Å². The molecule has 4 heteroatoms. The minimum atomic E-state index is -0.433. The van der Waals surface area contributed by atoms with E-state index >= 15 is 0 Å². The third-order valence-electron chi connectivity index (χ3n) is 2.31. The number of carbonyl (C=O) groups is 1. The van der Waals surface area contributed by atoms with Gasteiger partial charge in [0.1, 0.15) is 0 Å². The predicted molar refractivity (Wildman–Crippen MR) is 64.8 cm³/mol. The average molecular weight is 221 g/mol. The second kappa shape index (κ2) is 5.51. The maximum absolute atomic E-state index is 11.2. The summed E-state index contributed by atoms with van der Waals surface area (Å²) in [4.78, 5) is 12.7. The predicted octanol–water partition coefficient (Wildman–Crippen LogP) is 1.22. The maximum Gasteiger partial charge on any atom is 0.315 e. The van der Waals surface area contributed by atoms with Crippen LogP contribution in [0.2, 0.25) is 0 Å². The van der Waals surface area contributed by atoms with E-state index in [0.29, 0.717) is 13.1 Å². The summed E-state index contributed by atoms with van der Waals surface area (Å²) in [6, 6.07) is 7.51. The monoisotopic (exact) mass is 221 g/mol.